The molecule has 204 valence electrons. The van der Waals surface area contributed by atoms with E-state index >= 15 is 0 Å². The Bertz CT molecular complexity index is 534. The maximum Gasteiger partial charge on any atom is 0.309 e. The summed E-state index contributed by atoms with van der Waals surface area (Å²) in [6, 6.07) is 0. The monoisotopic (exact) mass is 496 g/mol. The first-order valence-corrected chi connectivity index (χ1v) is 14.6. The van der Waals surface area contributed by atoms with E-state index in [4.69, 9.17) is 9.47 Å². The summed E-state index contributed by atoms with van der Waals surface area (Å²) in [5.41, 5.74) is 0. The molecule has 2 atom stereocenters. The predicted octanol–water partition coefficient (Wildman–Crippen LogP) is 7.47. The van der Waals surface area contributed by atoms with Crippen LogP contribution in [0.15, 0.2) is 0 Å². The van der Waals surface area contributed by atoms with Crippen molar-refractivity contribution in [2.75, 3.05) is 13.2 Å². The van der Waals surface area contributed by atoms with Gasteiger partial charge in [0.05, 0.1) is 31.0 Å². The van der Waals surface area contributed by atoms with E-state index in [1.54, 1.807) is 0 Å². The van der Waals surface area contributed by atoms with E-state index in [2.05, 4.69) is 13.8 Å². The fourth-order valence-electron chi connectivity index (χ4n) is 5.10. The fraction of sp³-hybridized carbons (Fsp3) is 0.897. The van der Waals surface area contributed by atoms with Crippen molar-refractivity contribution in [3.8, 4) is 0 Å². The molecule has 0 saturated heterocycles. The topological polar surface area (TPSA) is 89.9 Å². The second kappa shape index (κ2) is 20.6. The molecular formula is C29H52O6. The molecule has 6 heteroatoms. The minimum Gasteiger partial charge on any atom is -0.481 e. The van der Waals surface area contributed by atoms with Gasteiger partial charge in [-0.2, -0.15) is 0 Å². The zero-order valence-corrected chi connectivity index (χ0v) is 22.6. The first-order valence-electron chi connectivity index (χ1n) is 14.6. The molecule has 1 fully saturated rings. The molecule has 0 spiro atoms. The summed E-state index contributed by atoms with van der Waals surface area (Å²) < 4.78 is 10.9. The molecule has 0 aliphatic heterocycles. The van der Waals surface area contributed by atoms with Crippen LogP contribution in [-0.2, 0) is 23.9 Å². The van der Waals surface area contributed by atoms with Gasteiger partial charge in [0.2, 0.25) is 0 Å². The Balaban J connectivity index is 2.33. The minimum atomic E-state index is -1.10. The van der Waals surface area contributed by atoms with Crippen LogP contribution in [0.25, 0.3) is 0 Å². The Hall–Kier alpha value is -1.59. The van der Waals surface area contributed by atoms with E-state index in [1.807, 2.05) is 0 Å². The zero-order chi connectivity index (χ0) is 25.7. The highest BCUT2D eigenvalue weighted by Gasteiger charge is 2.46. The third-order valence-corrected chi connectivity index (χ3v) is 7.27. The minimum absolute atomic E-state index is 0.324. The van der Waals surface area contributed by atoms with Gasteiger partial charge in [-0.15, -0.1) is 0 Å². The number of carbonyl (C=O) groups is 3. The molecule has 0 bridgehead atoms. The third kappa shape index (κ3) is 13.9. The Labute approximate surface area is 213 Å². The zero-order valence-electron chi connectivity index (χ0n) is 22.6. The normalized spacial score (nSPS) is 19.9. The lowest BCUT2D eigenvalue weighted by Gasteiger charge is -2.32. The van der Waals surface area contributed by atoms with Gasteiger partial charge in [0.1, 0.15) is 0 Å². The Morgan fingerprint density at radius 3 is 1.29 bits per heavy atom. The molecular weight excluding hydrogens is 444 g/mol. The van der Waals surface area contributed by atoms with Gasteiger partial charge in [0.25, 0.3) is 0 Å². The van der Waals surface area contributed by atoms with E-state index in [-0.39, 0.29) is 0 Å². The number of hydrogen-bond acceptors (Lipinski definition) is 5. The van der Waals surface area contributed by atoms with Crippen LogP contribution in [0.5, 0.6) is 0 Å². The average molecular weight is 497 g/mol. The molecule has 2 unspecified atom stereocenters. The van der Waals surface area contributed by atoms with Crippen LogP contribution in [0, 0.1) is 17.8 Å². The van der Waals surface area contributed by atoms with Crippen molar-refractivity contribution in [2.24, 2.45) is 17.8 Å². The molecule has 1 saturated carbocycles. The standard InChI is InChI=1S/C29H52O6/c1-3-5-7-9-11-13-15-17-22-34-28(32)24-20-19-21-25(26(24)27(30)31)29(33)35-23-18-16-14-12-10-8-6-4-2/h24-26H,3-23H2,1-2H3,(H,30,31). The molecule has 1 N–H and O–H groups in total. The van der Waals surface area contributed by atoms with Crippen molar-refractivity contribution in [3.05, 3.63) is 0 Å². The molecule has 0 aromatic rings. The summed E-state index contributed by atoms with van der Waals surface area (Å²) in [6.07, 6.45) is 20.0. The number of ether oxygens (including phenoxy) is 2. The Morgan fingerprint density at radius 1 is 0.600 bits per heavy atom. The first kappa shape index (κ1) is 31.4. The highest BCUT2D eigenvalue weighted by atomic mass is 16.5. The number of rotatable bonds is 21. The predicted molar refractivity (Wildman–Crippen MR) is 139 cm³/mol. The lowest BCUT2D eigenvalue weighted by atomic mass is 9.72. The third-order valence-electron chi connectivity index (χ3n) is 7.27. The summed E-state index contributed by atoms with van der Waals surface area (Å²) in [7, 11) is 0. The van der Waals surface area contributed by atoms with Gasteiger partial charge >= 0.3 is 17.9 Å². The molecule has 1 aliphatic carbocycles. The Kier molecular flexibility index (Phi) is 18.5. The van der Waals surface area contributed by atoms with Crippen molar-refractivity contribution < 1.29 is 29.0 Å². The van der Waals surface area contributed by atoms with Crippen LogP contribution >= 0.6 is 0 Å². The molecule has 0 radical (unpaired) electrons. The van der Waals surface area contributed by atoms with E-state index in [1.165, 1.54) is 64.2 Å². The average Bonchev–Trinajstić information content (AvgIpc) is 2.85. The van der Waals surface area contributed by atoms with E-state index in [9.17, 15) is 19.5 Å². The fourth-order valence-corrected chi connectivity index (χ4v) is 5.10. The first-order chi connectivity index (χ1) is 17.0. The van der Waals surface area contributed by atoms with Crippen LogP contribution in [0.3, 0.4) is 0 Å². The second-order valence-corrected chi connectivity index (χ2v) is 10.3. The quantitative estimate of drug-likeness (QED) is 0.131. The van der Waals surface area contributed by atoms with E-state index < -0.39 is 35.7 Å². The molecule has 0 amide bonds. The number of carboxylic acid groups (broad SMARTS) is 1. The van der Waals surface area contributed by atoms with Gasteiger partial charge in [-0.05, 0) is 25.7 Å². The second-order valence-electron chi connectivity index (χ2n) is 10.3. The molecule has 35 heavy (non-hydrogen) atoms. The van der Waals surface area contributed by atoms with E-state index in [0.717, 1.165) is 38.5 Å². The number of carboxylic acids is 1. The van der Waals surface area contributed by atoms with Crippen molar-refractivity contribution in [1.82, 2.24) is 0 Å². The van der Waals surface area contributed by atoms with Crippen molar-refractivity contribution in [2.45, 2.75) is 136 Å². The van der Waals surface area contributed by atoms with Crippen molar-refractivity contribution in [1.29, 1.82) is 0 Å². The lowest BCUT2D eigenvalue weighted by Crippen LogP contribution is -2.43. The van der Waals surface area contributed by atoms with Crippen molar-refractivity contribution in [3.63, 3.8) is 0 Å². The van der Waals surface area contributed by atoms with Crippen molar-refractivity contribution >= 4 is 17.9 Å². The summed E-state index contributed by atoms with van der Waals surface area (Å²) >= 11 is 0. The van der Waals surface area contributed by atoms with Crippen LogP contribution in [0.2, 0.25) is 0 Å². The summed E-state index contributed by atoms with van der Waals surface area (Å²) in [5, 5.41) is 9.82. The maximum absolute atomic E-state index is 12.7. The van der Waals surface area contributed by atoms with Gasteiger partial charge in [0.15, 0.2) is 0 Å². The van der Waals surface area contributed by atoms with Gasteiger partial charge < -0.3 is 14.6 Å². The smallest absolute Gasteiger partial charge is 0.309 e. The van der Waals surface area contributed by atoms with Crippen LogP contribution in [0.1, 0.15) is 136 Å². The molecule has 1 aliphatic rings. The molecule has 0 heterocycles. The molecule has 0 aromatic carbocycles. The lowest BCUT2D eigenvalue weighted by molar-refractivity contribution is -0.169. The summed E-state index contributed by atoms with van der Waals surface area (Å²) in [4.78, 5) is 37.4. The Morgan fingerprint density at radius 2 is 0.943 bits per heavy atom. The number of carbonyl (C=O) groups excluding carboxylic acids is 2. The van der Waals surface area contributed by atoms with Crippen LogP contribution in [-0.4, -0.2) is 36.2 Å². The van der Waals surface area contributed by atoms with Crippen LogP contribution < -0.4 is 0 Å². The molecule has 6 nitrogen and oxygen atoms in total. The SMILES string of the molecule is CCCCCCCCCCOC(=O)C1CCCC(C(=O)OCCCCCCCCCC)C1C(=O)O. The van der Waals surface area contributed by atoms with Gasteiger partial charge in [0, 0.05) is 0 Å². The highest BCUT2D eigenvalue weighted by Crippen LogP contribution is 2.37. The van der Waals surface area contributed by atoms with E-state index in [0.29, 0.717) is 32.5 Å². The molecule has 1 rings (SSSR count). The van der Waals surface area contributed by atoms with Gasteiger partial charge in [-0.25, -0.2) is 0 Å². The number of unbranched alkanes of at least 4 members (excludes halogenated alkanes) is 14. The largest absolute Gasteiger partial charge is 0.481 e. The molecule has 0 aromatic heterocycles. The van der Waals surface area contributed by atoms with Gasteiger partial charge in [-0.1, -0.05) is 110 Å². The van der Waals surface area contributed by atoms with Crippen LogP contribution in [0.4, 0.5) is 0 Å². The number of esters is 2. The number of hydrogen-bond donors (Lipinski definition) is 1. The maximum atomic E-state index is 12.7. The van der Waals surface area contributed by atoms with Gasteiger partial charge in [-0.3, -0.25) is 14.4 Å². The highest BCUT2D eigenvalue weighted by molar-refractivity contribution is 5.86. The summed E-state index contributed by atoms with van der Waals surface area (Å²) in [6.45, 7) is 5.06. The summed E-state index contributed by atoms with van der Waals surface area (Å²) in [5.74, 6) is -4.64. The number of aliphatic carboxylic acids is 1.